The molecule has 2 aromatic rings. The minimum atomic E-state index is 0.184. The molecule has 0 radical (unpaired) electrons. The van der Waals surface area contributed by atoms with Crippen LogP contribution in [0.2, 0.25) is 0 Å². The first-order valence-corrected chi connectivity index (χ1v) is 6.42. The molecule has 0 aromatic heterocycles. The lowest BCUT2D eigenvalue weighted by Gasteiger charge is -2.07. The van der Waals surface area contributed by atoms with Gasteiger partial charge in [-0.3, -0.25) is 4.79 Å². The van der Waals surface area contributed by atoms with Crippen molar-refractivity contribution in [1.82, 2.24) is 0 Å². The van der Waals surface area contributed by atoms with E-state index < -0.39 is 0 Å². The van der Waals surface area contributed by atoms with Gasteiger partial charge < -0.3 is 4.74 Å². The number of rotatable bonds is 5. The number of carbonyl (C=O) groups excluding carboxylic acids is 1. The Bertz CT molecular complexity index is 559. The SMILES string of the molecule is COc1ccc(C(=O)CCc2ccccc2)c(C)c1. The largest absolute Gasteiger partial charge is 0.497 e. The Morgan fingerprint density at radius 3 is 2.47 bits per heavy atom. The lowest BCUT2D eigenvalue weighted by molar-refractivity contribution is 0.0982. The number of hydrogen-bond donors (Lipinski definition) is 0. The van der Waals surface area contributed by atoms with Gasteiger partial charge in [0.1, 0.15) is 5.75 Å². The van der Waals surface area contributed by atoms with Crippen molar-refractivity contribution in [2.45, 2.75) is 19.8 Å². The minimum Gasteiger partial charge on any atom is -0.497 e. The average Bonchev–Trinajstić information content (AvgIpc) is 2.45. The van der Waals surface area contributed by atoms with Crippen molar-refractivity contribution < 1.29 is 9.53 Å². The first kappa shape index (κ1) is 13.3. The summed E-state index contributed by atoms with van der Waals surface area (Å²) in [7, 11) is 1.63. The third-order valence-electron chi connectivity index (χ3n) is 3.22. The quantitative estimate of drug-likeness (QED) is 0.758. The van der Waals surface area contributed by atoms with Crippen molar-refractivity contribution in [3.63, 3.8) is 0 Å². The summed E-state index contributed by atoms with van der Waals surface area (Å²) < 4.78 is 5.15. The first-order valence-electron chi connectivity index (χ1n) is 6.42. The second-order valence-corrected chi connectivity index (χ2v) is 4.59. The highest BCUT2D eigenvalue weighted by Gasteiger charge is 2.09. The maximum Gasteiger partial charge on any atom is 0.163 e. The van der Waals surface area contributed by atoms with E-state index in [1.807, 2.05) is 55.5 Å². The van der Waals surface area contributed by atoms with Crippen LogP contribution in [0.5, 0.6) is 5.75 Å². The molecule has 19 heavy (non-hydrogen) atoms. The topological polar surface area (TPSA) is 26.3 Å². The van der Waals surface area contributed by atoms with E-state index in [2.05, 4.69) is 0 Å². The molecule has 0 aliphatic carbocycles. The maximum atomic E-state index is 12.2. The molecule has 2 aromatic carbocycles. The Labute approximate surface area is 114 Å². The van der Waals surface area contributed by atoms with Crippen LogP contribution in [0.4, 0.5) is 0 Å². The van der Waals surface area contributed by atoms with Crippen molar-refractivity contribution in [2.75, 3.05) is 7.11 Å². The number of ketones is 1. The lowest BCUT2D eigenvalue weighted by atomic mass is 9.99. The van der Waals surface area contributed by atoms with Gasteiger partial charge in [0.05, 0.1) is 7.11 Å². The Hall–Kier alpha value is -2.09. The van der Waals surface area contributed by atoms with E-state index in [1.165, 1.54) is 5.56 Å². The molecule has 0 spiro atoms. The third-order valence-corrected chi connectivity index (χ3v) is 3.22. The Balaban J connectivity index is 2.04. The molecule has 0 heterocycles. The van der Waals surface area contributed by atoms with Crippen LogP contribution in [-0.2, 0) is 6.42 Å². The van der Waals surface area contributed by atoms with E-state index in [9.17, 15) is 4.79 Å². The monoisotopic (exact) mass is 254 g/mol. The van der Waals surface area contributed by atoms with E-state index >= 15 is 0 Å². The van der Waals surface area contributed by atoms with Crippen molar-refractivity contribution in [3.8, 4) is 5.75 Å². The molecule has 0 N–H and O–H groups in total. The van der Waals surface area contributed by atoms with Gasteiger partial charge >= 0.3 is 0 Å². The first-order chi connectivity index (χ1) is 9.20. The van der Waals surface area contributed by atoms with E-state index in [4.69, 9.17) is 4.74 Å². The summed E-state index contributed by atoms with van der Waals surface area (Å²) in [6.07, 6.45) is 1.32. The molecule has 0 saturated carbocycles. The van der Waals surface area contributed by atoms with Gasteiger partial charge in [-0.1, -0.05) is 30.3 Å². The molecule has 0 aliphatic heterocycles. The summed E-state index contributed by atoms with van der Waals surface area (Å²) in [5, 5.41) is 0. The van der Waals surface area contributed by atoms with Crippen LogP contribution in [0.3, 0.4) is 0 Å². The van der Waals surface area contributed by atoms with Gasteiger partial charge in [-0.05, 0) is 42.7 Å². The second-order valence-electron chi connectivity index (χ2n) is 4.59. The van der Waals surface area contributed by atoms with Gasteiger partial charge in [0.15, 0.2) is 5.78 Å². The van der Waals surface area contributed by atoms with Gasteiger partial charge in [0, 0.05) is 12.0 Å². The van der Waals surface area contributed by atoms with Gasteiger partial charge in [-0.25, -0.2) is 0 Å². The molecule has 0 amide bonds. The van der Waals surface area contributed by atoms with E-state index in [0.29, 0.717) is 6.42 Å². The normalized spacial score (nSPS) is 10.2. The molecule has 2 nitrogen and oxygen atoms in total. The van der Waals surface area contributed by atoms with Crippen molar-refractivity contribution in [3.05, 3.63) is 65.2 Å². The molecule has 98 valence electrons. The third kappa shape index (κ3) is 3.44. The summed E-state index contributed by atoms with van der Waals surface area (Å²) in [5.74, 6) is 0.973. The Morgan fingerprint density at radius 1 is 1.11 bits per heavy atom. The van der Waals surface area contributed by atoms with E-state index in [1.54, 1.807) is 7.11 Å². The Morgan fingerprint density at radius 2 is 1.84 bits per heavy atom. The van der Waals surface area contributed by atoms with Crippen LogP contribution < -0.4 is 4.74 Å². The van der Waals surface area contributed by atoms with Crippen LogP contribution in [0, 0.1) is 6.92 Å². The van der Waals surface area contributed by atoms with Crippen LogP contribution in [-0.4, -0.2) is 12.9 Å². The zero-order chi connectivity index (χ0) is 13.7. The minimum absolute atomic E-state index is 0.184. The lowest BCUT2D eigenvalue weighted by Crippen LogP contribution is -2.03. The van der Waals surface area contributed by atoms with E-state index in [0.717, 1.165) is 23.3 Å². The van der Waals surface area contributed by atoms with E-state index in [-0.39, 0.29) is 5.78 Å². The average molecular weight is 254 g/mol. The van der Waals surface area contributed by atoms with Crippen molar-refractivity contribution in [1.29, 1.82) is 0 Å². The zero-order valence-electron chi connectivity index (χ0n) is 11.3. The number of aryl methyl sites for hydroxylation is 2. The molecule has 0 unspecified atom stereocenters. The molecule has 0 fully saturated rings. The molecule has 0 bridgehead atoms. The summed E-state index contributed by atoms with van der Waals surface area (Å²) in [5.41, 5.74) is 2.95. The fourth-order valence-electron chi connectivity index (χ4n) is 2.11. The molecule has 2 rings (SSSR count). The predicted molar refractivity (Wildman–Crippen MR) is 76.8 cm³/mol. The number of Topliss-reactive ketones (excluding diaryl/α,β-unsaturated/α-hetero) is 1. The fourth-order valence-corrected chi connectivity index (χ4v) is 2.11. The van der Waals surface area contributed by atoms with Gasteiger partial charge in [-0.2, -0.15) is 0 Å². The predicted octanol–water partition coefficient (Wildman–Crippen LogP) is 3.82. The second kappa shape index (κ2) is 6.19. The summed E-state index contributed by atoms with van der Waals surface area (Å²) in [6.45, 7) is 1.94. The summed E-state index contributed by atoms with van der Waals surface area (Å²) >= 11 is 0. The number of benzene rings is 2. The van der Waals surface area contributed by atoms with Crippen LogP contribution >= 0.6 is 0 Å². The van der Waals surface area contributed by atoms with Crippen LogP contribution in [0.1, 0.15) is 27.9 Å². The fraction of sp³-hybridized carbons (Fsp3) is 0.235. The van der Waals surface area contributed by atoms with Crippen molar-refractivity contribution >= 4 is 5.78 Å². The standard InChI is InChI=1S/C17H18O2/c1-13-12-15(19-2)9-10-16(13)17(18)11-8-14-6-4-3-5-7-14/h3-7,9-10,12H,8,11H2,1-2H3. The highest BCUT2D eigenvalue weighted by molar-refractivity contribution is 5.97. The maximum absolute atomic E-state index is 12.2. The number of carbonyl (C=O) groups is 1. The van der Waals surface area contributed by atoms with Crippen molar-refractivity contribution in [2.24, 2.45) is 0 Å². The molecular formula is C17H18O2. The molecular weight excluding hydrogens is 236 g/mol. The highest BCUT2D eigenvalue weighted by atomic mass is 16.5. The Kier molecular flexibility index (Phi) is 4.35. The van der Waals surface area contributed by atoms with Crippen LogP contribution in [0.25, 0.3) is 0 Å². The summed E-state index contributed by atoms with van der Waals surface area (Å²) in [6, 6.07) is 15.7. The van der Waals surface area contributed by atoms with Crippen LogP contribution in [0.15, 0.2) is 48.5 Å². The van der Waals surface area contributed by atoms with Gasteiger partial charge in [0.2, 0.25) is 0 Å². The molecule has 2 heteroatoms. The molecule has 0 saturated heterocycles. The molecule has 0 aliphatic rings. The van der Waals surface area contributed by atoms with Gasteiger partial charge in [0.25, 0.3) is 0 Å². The zero-order valence-corrected chi connectivity index (χ0v) is 11.3. The summed E-state index contributed by atoms with van der Waals surface area (Å²) in [4.78, 5) is 12.2. The number of methoxy groups -OCH3 is 1. The molecule has 0 atom stereocenters. The smallest absolute Gasteiger partial charge is 0.163 e. The number of hydrogen-bond acceptors (Lipinski definition) is 2. The number of ether oxygens (including phenoxy) is 1. The van der Waals surface area contributed by atoms with Gasteiger partial charge in [-0.15, -0.1) is 0 Å². The highest BCUT2D eigenvalue weighted by Crippen LogP contribution is 2.18.